The van der Waals surface area contributed by atoms with Crippen LogP contribution in [0.5, 0.6) is 11.6 Å². The van der Waals surface area contributed by atoms with Gasteiger partial charge in [0.05, 0.1) is 11.3 Å². The number of rotatable bonds is 4. The second-order valence-corrected chi connectivity index (χ2v) is 4.89. The normalized spacial score (nSPS) is 10.0. The van der Waals surface area contributed by atoms with Gasteiger partial charge >= 0.3 is 0 Å². The molecule has 1 aromatic carbocycles. The van der Waals surface area contributed by atoms with E-state index in [1.807, 2.05) is 6.92 Å². The molecular weight excluding hydrogens is 286 g/mol. The molecule has 6 heteroatoms. The Hall–Kier alpha value is -2.47. The standard InChI is InChI=1S/C15H15N3O2S/c1-9-7-8-11(14(16)21)15(17-9)20-13-6-4-3-5-12(13)18-10(2)19/h3-8H,1-2H3,(H2,16,21)(H,18,19). The molecule has 0 radical (unpaired) electrons. The highest BCUT2D eigenvalue weighted by molar-refractivity contribution is 7.80. The van der Waals surface area contributed by atoms with E-state index in [4.69, 9.17) is 22.7 Å². The van der Waals surface area contributed by atoms with Crippen LogP contribution in [-0.4, -0.2) is 15.9 Å². The van der Waals surface area contributed by atoms with Crippen molar-refractivity contribution in [2.45, 2.75) is 13.8 Å². The Morgan fingerprint density at radius 2 is 2.00 bits per heavy atom. The molecule has 0 aliphatic carbocycles. The lowest BCUT2D eigenvalue weighted by atomic mass is 10.2. The number of hydrogen-bond donors (Lipinski definition) is 2. The van der Waals surface area contributed by atoms with Crippen LogP contribution in [0, 0.1) is 6.92 Å². The Morgan fingerprint density at radius 3 is 2.67 bits per heavy atom. The number of ether oxygens (including phenoxy) is 1. The van der Waals surface area contributed by atoms with Gasteiger partial charge in [0.15, 0.2) is 5.75 Å². The fraction of sp³-hybridized carbons (Fsp3) is 0.133. The zero-order valence-electron chi connectivity index (χ0n) is 11.7. The highest BCUT2D eigenvalue weighted by atomic mass is 32.1. The van der Waals surface area contributed by atoms with Crippen molar-refractivity contribution >= 4 is 28.8 Å². The van der Waals surface area contributed by atoms with Crippen LogP contribution in [0.4, 0.5) is 5.69 Å². The zero-order chi connectivity index (χ0) is 15.4. The first-order valence-electron chi connectivity index (χ1n) is 6.29. The molecule has 21 heavy (non-hydrogen) atoms. The summed E-state index contributed by atoms with van der Waals surface area (Å²) in [6, 6.07) is 10.7. The molecule has 0 aliphatic heterocycles. The Morgan fingerprint density at radius 1 is 1.29 bits per heavy atom. The topological polar surface area (TPSA) is 77.2 Å². The van der Waals surface area contributed by atoms with Crippen molar-refractivity contribution in [2.24, 2.45) is 5.73 Å². The van der Waals surface area contributed by atoms with Crippen molar-refractivity contribution in [3.8, 4) is 11.6 Å². The predicted molar refractivity (Wildman–Crippen MR) is 85.7 cm³/mol. The van der Waals surface area contributed by atoms with Crippen LogP contribution in [0.15, 0.2) is 36.4 Å². The van der Waals surface area contributed by atoms with Gasteiger partial charge in [-0.15, -0.1) is 0 Å². The first-order chi connectivity index (χ1) is 9.97. The van der Waals surface area contributed by atoms with Crippen molar-refractivity contribution in [1.29, 1.82) is 0 Å². The van der Waals surface area contributed by atoms with E-state index in [2.05, 4.69) is 10.3 Å². The Bertz CT molecular complexity index is 701. The molecule has 3 N–H and O–H groups in total. The van der Waals surface area contributed by atoms with Gasteiger partial charge in [0, 0.05) is 12.6 Å². The Labute approximate surface area is 128 Å². The summed E-state index contributed by atoms with van der Waals surface area (Å²) in [5.74, 6) is 0.612. The predicted octanol–water partition coefficient (Wildman–Crippen LogP) is 2.77. The lowest BCUT2D eigenvalue weighted by molar-refractivity contribution is -0.114. The summed E-state index contributed by atoms with van der Waals surface area (Å²) in [5, 5.41) is 2.70. The highest BCUT2D eigenvalue weighted by Crippen LogP contribution is 2.30. The summed E-state index contributed by atoms with van der Waals surface area (Å²) in [6.07, 6.45) is 0. The fourth-order valence-corrected chi connectivity index (χ4v) is 1.91. The SMILES string of the molecule is CC(=O)Nc1ccccc1Oc1nc(C)ccc1C(N)=S. The van der Waals surface area contributed by atoms with Gasteiger partial charge in [0.2, 0.25) is 11.8 Å². The molecule has 1 heterocycles. The number of thiocarbonyl (C=S) groups is 1. The second-order valence-electron chi connectivity index (χ2n) is 4.45. The van der Waals surface area contributed by atoms with E-state index in [0.717, 1.165) is 5.69 Å². The van der Waals surface area contributed by atoms with Crippen LogP contribution in [0.3, 0.4) is 0 Å². The van der Waals surface area contributed by atoms with Crippen molar-refractivity contribution in [3.05, 3.63) is 47.7 Å². The van der Waals surface area contributed by atoms with Gasteiger partial charge < -0.3 is 15.8 Å². The van der Waals surface area contributed by atoms with Gasteiger partial charge in [0.25, 0.3) is 0 Å². The summed E-state index contributed by atoms with van der Waals surface area (Å²) < 4.78 is 5.79. The van der Waals surface area contributed by atoms with Crippen LogP contribution in [0.1, 0.15) is 18.2 Å². The maximum Gasteiger partial charge on any atom is 0.229 e. The lowest BCUT2D eigenvalue weighted by Crippen LogP contribution is -2.12. The second kappa shape index (κ2) is 6.32. The molecule has 0 bridgehead atoms. The summed E-state index contributed by atoms with van der Waals surface area (Å²) in [6.45, 7) is 3.28. The molecule has 0 fully saturated rings. The number of carbonyl (C=O) groups is 1. The largest absolute Gasteiger partial charge is 0.436 e. The molecule has 0 unspecified atom stereocenters. The molecule has 0 spiro atoms. The van der Waals surface area contributed by atoms with Gasteiger partial charge in [-0.2, -0.15) is 0 Å². The third kappa shape index (κ3) is 3.76. The number of aryl methyl sites for hydroxylation is 1. The maximum atomic E-state index is 11.2. The van der Waals surface area contributed by atoms with Crippen LogP contribution in [0.25, 0.3) is 0 Å². The van der Waals surface area contributed by atoms with Gasteiger partial charge in [-0.25, -0.2) is 4.98 Å². The minimum atomic E-state index is -0.183. The van der Waals surface area contributed by atoms with Gasteiger partial charge in [-0.1, -0.05) is 24.4 Å². The molecule has 0 aliphatic rings. The van der Waals surface area contributed by atoms with Crippen molar-refractivity contribution in [3.63, 3.8) is 0 Å². The van der Waals surface area contributed by atoms with E-state index in [1.165, 1.54) is 6.92 Å². The minimum Gasteiger partial charge on any atom is -0.436 e. The molecule has 0 saturated heterocycles. The van der Waals surface area contributed by atoms with E-state index in [-0.39, 0.29) is 10.9 Å². The molecular formula is C15H15N3O2S. The van der Waals surface area contributed by atoms with Crippen LogP contribution in [-0.2, 0) is 4.79 Å². The number of aromatic nitrogens is 1. The van der Waals surface area contributed by atoms with E-state index >= 15 is 0 Å². The maximum absolute atomic E-state index is 11.2. The zero-order valence-corrected chi connectivity index (χ0v) is 12.5. The number of benzene rings is 1. The fourth-order valence-electron chi connectivity index (χ4n) is 1.75. The van der Waals surface area contributed by atoms with E-state index in [9.17, 15) is 4.79 Å². The number of hydrogen-bond acceptors (Lipinski definition) is 4. The average molecular weight is 301 g/mol. The van der Waals surface area contributed by atoms with Crippen molar-refractivity contribution in [2.75, 3.05) is 5.32 Å². The number of nitrogens with one attached hydrogen (secondary N) is 1. The molecule has 1 aromatic heterocycles. The van der Waals surface area contributed by atoms with Gasteiger partial charge in [0.1, 0.15) is 4.99 Å². The van der Waals surface area contributed by atoms with E-state index in [1.54, 1.807) is 36.4 Å². The Kier molecular flexibility index (Phi) is 4.49. The summed E-state index contributed by atoms with van der Waals surface area (Å²) >= 11 is 5.00. The molecule has 0 atom stereocenters. The molecule has 2 aromatic rings. The average Bonchev–Trinajstić information content (AvgIpc) is 2.40. The monoisotopic (exact) mass is 301 g/mol. The number of pyridine rings is 1. The number of para-hydroxylation sites is 2. The molecule has 1 amide bonds. The summed E-state index contributed by atoms with van der Waals surface area (Å²) in [7, 11) is 0. The lowest BCUT2D eigenvalue weighted by Gasteiger charge is -2.13. The Balaban J connectivity index is 2.40. The van der Waals surface area contributed by atoms with Crippen LogP contribution in [0.2, 0.25) is 0 Å². The number of anilines is 1. The number of carbonyl (C=O) groups excluding carboxylic acids is 1. The van der Waals surface area contributed by atoms with Gasteiger partial charge in [-0.05, 0) is 31.2 Å². The number of amides is 1. The summed E-state index contributed by atoms with van der Waals surface area (Å²) in [4.78, 5) is 15.7. The summed E-state index contributed by atoms with van der Waals surface area (Å²) in [5.41, 5.74) is 7.57. The quantitative estimate of drug-likeness (QED) is 0.849. The molecule has 2 rings (SSSR count). The molecule has 108 valence electrons. The smallest absolute Gasteiger partial charge is 0.229 e. The molecule has 0 saturated carbocycles. The first-order valence-corrected chi connectivity index (χ1v) is 6.70. The number of nitrogens with zero attached hydrogens (tertiary/aromatic N) is 1. The third-order valence-corrected chi connectivity index (χ3v) is 2.89. The minimum absolute atomic E-state index is 0.183. The van der Waals surface area contributed by atoms with E-state index < -0.39 is 0 Å². The van der Waals surface area contributed by atoms with E-state index in [0.29, 0.717) is 22.9 Å². The van der Waals surface area contributed by atoms with Crippen LogP contribution < -0.4 is 15.8 Å². The van der Waals surface area contributed by atoms with Crippen LogP contribution >= 0.6 is 12.2 Å². The highest BCUT2D eigenvalue weighted by Gasteiger charge is 2.12. The first kappa shape index (κ1) is 14.9. The van der Waals surface area contributed by atoms with Crippen molar-refractivity contribution < 1.29 is 9.53 Å². The molecule has 5 nitrogen and oxygen atoms in total. The number of nitrogens with two attached hydrogens (primary N) is 1. The van der Waals surface area contributed by atoms with Crippen molar-refractivity contribution in [1.82, 2.24) is 4.98 Å². The van der Waals surface area contributed by atoms with Gasteiger partial charge in [-0.3, -0.25) is 4.79 Å². The third-order valence-electron chi connectivity index (χ3n) is 2.67.